The number of fused-ring (bicyclic) bond motifs is 1. The molecule has 3 aromatic rings. The van der Waals surface area contributed by atoms with Crippen molar-refractivity contribution in [3.05, 3.63) is 70.3 Å². The second-order valence-electron chi connectivity index (χ2n) is 8.90. The van der Waals surface area contributed by atoms with Gasteiger partial charge in [0.15, 0.2) is 0 Å². The van der Waals surface area contributed by atoms with Crippen molar-refractivity contribution >= 4 is 28.9 Å². The summed E-state index contributed by atoms with van der Waals surface area (Å²) >= 11 is 5.84. The van der Waals surface area contributed by atoms with E-state index in [1.165, 1.54) is 24.6 Å². The largest absolute Gasteiger partial charge is 0.339 e. The number of pyridine rings is 1. The van der Waals surface area contributed by atoms with Gasteiger partial charge in [0.2, 0.25) is 0 Å². The third-order valence-corrected chi connectivity index (χ3v) is 7.13. The Labute approximate surface area is 196 Å². The number of amides is 2. The van der Waals surface area contributed by atoms with E-state index in [0.717, 1.165) is 49.9 Å². The lowest BCUT2D eigenvalue weighted by Gasteiger charge is -2.32. The van der Waals surface area contributed by atoms with E-state index in [0.29, 0.717) is 30.1 Å². The summed E-state index contributed by atoms with van der Waals surface area (Å²) in [7, 11) is 0. The first-order valence-electron chi connectivity index (χ1n) is 11.5. The predicted molar refractivity (Wildman–Crippen MR) is 124 cm³/mol. The van der Waals surface area contributed by atoms with Crippen LogP contribution in [-0.2, 0) is 0 Å². The molecule has 5 rings (SSSR count). The molecule has 2 aliphatic heterocycles. The molecule has 0 saturated carbocycles. The molecule has 0 radical (unpaired) electrons. The van der Waals surface area contributed by atoms with Crippen LogP contribution in [0, 0.1) is 5.82 Å². The van der Waals surface area contributed by atoms with Crippen LogP contribution in [0.5, 0.6) is 0 Å². The van der Waals surface area contributed by atoms with Gasteiger partial charge in [-0.05, 0) is 73.9 Å². The Morgan fingerprint density at radius 3 is 2.39 bits per heavy atom. The molecule has 0 spiro atoms. The van der Waals surface area contributed by atoms with E-state index in [-0.39, 0.29) is 16.8 Å². The van der Waals surface area contributed by atoms with E-state index in [1.807, 2.05) is 11.1 Å². The van der Waals surface area contributed by atoms with E-state index in [4.69, 9.17) is 11.6 Å². The number of benzene rings is 1. The smallest absolute Gasteiger partial charge is 0.257 e. The van der Waals surface area contributed by atoms with Crippen molar-refractivity contribution in [1.82, 2.24) is 19.4 Å². The fraction of sp³-hybridized carbons (Fsp3) is 0.400. The topological polar surface area (TPSA) is 57.9 Å². The second-order valence-corrected chi connectivity index (χ2v) is 9.30. The fourth-order valence-electron chi connectivity index (χ4n) is 4.91. The highest BCUT2D eigenvalue weighted by Crippen LogP contribution is 2.30. The number of nitrogens with zero attached hydrogens (tertiary/aromatic N) is 4. The number of likely N-dealkylation sites (tertiary alicyclic amines) is 2. The molecule has 0 atom stereocenters. The van der Waals surface area contributed by atoms with Crippen LogP contribution in [0.15, 0.2) is 42.7 Å². The molecule has 0 bridgehead atoms. The van der Waals surface area contributed by atoms with Crippen LogP contribution in [0.25, 0.3) is 5.52 Å². The highest BCUT2D eigenvalue weighted by atomic mass is 35.5. The summed E-state index contributed by atoms with van der Waals surface area (Å²) in [6.07, 6.45) is 8.51. The summed E-state index contributed by atoms with van der Waals surface area (Å²) in [6, 6.07) is 8.22. The van der Waals surface area contributed by atoms with Gasteiger partial charge in [0, 0.05) is 37.9 Å². The third kappa shape index (κ3) is 4.34. The number of halogens is 2. The molecule has 2 amide bonds. The zero-order chi connectivity index (χ0) is 22.9. The van der Waals surface area contributed by atoms with E-state index in [2.05, 4.69) is 17.2 Å². The van der Waals surface area contributed by atoms with Crippen molar-refractivity contribution < 1.29 is 14.0 Å². The normalized spacial score (nSPS) is 17.5. The minimum Gasteiger partial charge on any atom is -0.339 e. The van der Waals surface area contributed by atoms with E-state index in [1.54, 1.807) is 15.6 Å². The van der Waals surface area contributed by atoms with Gasteiger partial charge >= 0.3 is 0 Å². The van der Waals surface area contributed by atoms with Gasteiger partial charge in [0.1, 0.15) is 5.82 Å². The summed E-state index contributed by atoms with van der Waals surface area (Å²) in [5.74, 6) is -0.305. The molecular weight excluding hydrogens is 443 g/mol. The first-order chi connectivity index (χ1) is 16.0. The van der Waals surface area contributed by atoms with Gasteiger partial charge in [-0.25, -0.2) is 8.91 Å². The lowest BCUT2D eigenvalue weighted by atomic mass is 9.89. The SMILES string of the molecule is O=C(c1ccc(F)c(Cl)c1)N1CCC(c2ccn3ncc(C(=O)N4CCCCC4)c3c2)CC1. The number of carbonyl (C=O) groups is 2. The first-order valence-corrected chi connectivity index (χ1v) is 11.9. The lowest BCUT2D eigenvalue weighted by molar-refractivity contribution is 0.0709. The Kier molecular flexibility index (Phi) is 6.06. The molecule has 0 unspecified atom stereocenters. The Balaban J connectivity index is 1.29. The van der Waals surface area contributed by atoms with Crippen LogP contribution < -0.4 is 0 Å². The van der Waals surface area contributed by atoms with Crippen LogP contribution in [0.3, 0.4) is 0 Å². The highest BCUT2D eigenvalue weighted by Gasteiger charge is 2.26. The Bertz CT molecular complexity index is 1200. The second kappa shape index (κ2) is 9.14. The minimum atomic E-state index is -0.527. The van der Waals surface area contributed by atoms with Crippen LogP contribution in [0.1, 0.15) is 64.3 Å². The molecule has 33 heavy (non-hydrogen) atoms. The standard InChI is InChI=1S/C25H26ClFN4O2/c26-21-14-19(4-5-22(21)27)24(32)30-11-6-17(7-12-30)18-8-13-31-23(15-18)20(16-28-31)25(33)29-9-2-1-3-10-29/h4-5,8,13-17H,1-3,6-7,9-12H2. The minimum absolute atomic E-state index is 0.0419. The van der Waals surface area contributed by atoms with Crippen LogP contribution >= 0.6 is 11.6 Å². The van der Waals surface area contributed by atoms with Gasteiger partial charge in [-0.15, -0.1) is 0 Å². The summed E-state index contributed by atoms with van der Waals surface area (Å²) in [6.45, 7) is 2.84. The van der Waals surface area contributed by atoms with E-state index < -0.39 is 5.82 Å². The molecule has 8 heteroatoms. The maximum Gasteiger partial charge on any atom is 0.257 e. The molecule has 2 saturated heterocycles. The average Bonchev–Trinajstić information content (AvgIpc) is 3.29. The van der Waals surface area contributed by atoms with Crippen molar-refractivity contribution in [3.8, 4) is 0 Å². The van der Waals surface area contributed by atoms with Gasteiger partial charge in [0.25, 0.3) is 11.8 Å². The zero-order valence-electron chi connectivity index (χ0n) is 18.3. The first kappa shape index (κ1) is 21.9. The molecule has 0 aliphatic carbocycles. The van der Waals surface area contributed by atoms with Crippen molar-refractivity contribution in [3.63, 3.8) is 0 Å². The third-order valence-electron chi connectivity index (χ3n) is 6.84. The summed E-state index contributed by atoms with van der Waals surface area (Å²) in [5, 5.41) is 4.34. The number of aromatic nitrogens is 2. The van der Waals surface area contributed by atoms with Crippen LogP contribution in [0.4, 0.5) is 4.39 Å². The molecule has 2 aromatic heterocycles. The van der Waals surface area contributed by atoms with Gasteiger partial charge in [0.05, 0.1) is 22.3 Å². The van der Waals surface area contributed by atoms with E-state index >= 15 is 0 Å². The predicted octanol–water partition coefficient (Wildman–Crippen LogP) is 4.77. The van der Waals surface area contributed by atoms with Crippen LogP contribution in [-0.4, -0.2) is 57.4 Å². The van der Waals surface area contributed by atoms with E-state index in [9.17, 15) is 14.0 Å². The van der Waals surface area contributed by atoms with Crippen molar-refractivity contribution in [1.29, 1.82) is 0 Å². The molecule has 2 aliphatic rings. The maximum absolute atomic E-state index is 13.4. The van der Waals surface area contributed by atoms with Gasteiger partial charge in [-0.2, -0.15) is 5.10 Å². The lowest BCUT2D eigenvalue weighted by Crippen LogP contribution is -2.38. The number of hydrogen-bond donors (Lipinski definition) is 0. The molecule has 0 N–H and O–H groups in total. The van der Waals surface area contributed by atoms with Gasteiger partial charge in [-0.3, -0.25) is 9.59 Å². The Hall–Kier alpha value is -2.93. The van der Waals surface area contributed by atoms with Crippen LogP contribution in [0.2, 0.25) is 5.02 Å². The highest BCUT2D eigenvalue weighted by molar-refractivity contribution is 6.31. The average molecular weight is 469 g/mol. The molecule has 6 nitrogen and oxygen atoms in total. The summed E-state index contributed by atoms with van der Waals surface area (Å²) in [4.78, 5) is 29.6. The number of piperidine rings is 2. The molecule has 2 fully saturated rings. The number of rotatable bonds is 3. The summed E-state index contributed by atoms with van der Waals surface area (Å²) in [5.41, 5.74) is 3.05. The molecule has 1 aromatic carbocycles. The van der Waals surface area contributed by atoms with Crippen molar-refractivity contribution in [2.75, 3.05) is 26.2 Å². The Morgan fingerprint density at radius 1 is 0.939 bits per heavy atom. The quantitative estimate of drug-likeness (QED) is 0.556. The van der Waals surface area contributed by atoms with Gasteiger partial charge < -0.3 is 9.80 Å². The molecule has 4 heterocycles. The van der Waals surface area contributed by atoms with Crippen molar-refractivity contribution in [2.45, 2.75) is 38.0 Å². The molecule has 172 valence electrons. The zero-order valence-corrected chi connectivity index (χ0v) is 19.1. The fourth-order valence-corrected chi connectivity index (χ4v) is 5.09. The maximum atomic E-state index is 13.4. The number of hydrogen-bond acceptors (Lipinski definition) is 3. The monoisotopic (exact) mass is 468 g/mol. The van der Waals surface area contributed by atoms with Crippen molar-refractivity contribution in [2.24, 2.45) is 0 Å². The summed E-state index contributed by atoms with van der Waals surface area (Å²) < 4.78 is 15.2. The number of carbonyl (C=O) groups excluding carboxylic acids is 2. The van der Waals surface area contributed by atoms with Gasteiger partial charge in [-0.1, -0.05) is 11.6 Å². The Morgan fingerprint density at radius 2 is 1.67 bits per heavy atom. The molecular formula is C25H26ClFN4O2.